The Labute approximate surface area is 161 Å². The lowest BCUT2D eigenvalue weighted by Crippen LogP contribution is -2.34. The summed E-state index contributed by atoms with van der Waals surface area (Å²) in [4.78, 5) is 39.3. The second-order valence-electron chi connectivity index (χ2n) is 6.76. The van der Waals surface area contributed by atoms with E-state index in [1.165, 1.54) is 6.07 Å². The number of hydrogen-bond donors (Lipinski definition) is 2. The van der Waals surface area contributed by atoms with E-state index >= 15 is 0 Å². The van der Waals surface area contributed by atoms with Crippen LogP contribution < -0.4 is 15.6 Å². The molecular weight excluding hydrogens is 356 g/mol. The maximum atomic E-state index is 12.4. The van der Waals surface area contributed by atoms with Crippen molar-refractivity contribution in [3.63, 3.8) is 0 Å². The van der Waals surface area contributed by atoms with Crippen LogP contribution in [-0.2, 0) is 6.42 Å². The van der Waals surface area contributed by atoms with Crippen LogP contribution in [0.25, 0.3) is 10.8 Å². The molecule has 1 aliphatic carbocycles. The smallest absolute Gasteiger partial charge is 0.261 e. The zero-order valence-electron chi connectivity index (χ0n) is 15.3. The minimum absolute atomic E-state index is 0.0363. The van der Waals surface area contributed by atoms with E-state index in [9.17, 15) is 14.4 Å². The van der Waals surface area contributed by atoms with Gasteiger partial charge in [0.2, 0.25) is 0 Å². The van der Waals surface area contributed by atoms with Crippen molar-refractivity contribution in [2.24, 2.45) is 0 Å². The molecule has 142 valence electrons. The molecule has 0 fully saturated rings. The number of H-pyrrole nitrogens is 1. The monoisotopic (exact) mass is 376 g/mol. The molecule has 3 aromatic rings. The summed E-state index contributed by atoms with van der Waals surface area (Å²) in [5.74, 6) is 0.194. The van der Waals surface area contributed by atoms with E-state index < -0.39 is 11.5 Å². The van der Waals surface area contributed by atoms with Crippen molar-refractivity contribution in [1.29, 1.82) is 0 Å². The first kappa shape index (κ1) is 18.0. The summed E-state index contributed by atoms with van der Waals surface area (Å²) in [7, 11) is 0. The summed E-state index contributed by atoms with van der Waals surface area (Å²) >= 11 is 0. The molecule has 6 heteroatoms. The fourth-order valence-electron chi connectivity index (χ4n) is 3.49. The molecule has 0 spiro atoms. The Balaban J connectivity index is 1.40. The van der Waals surface area contributed by atoms with E-state index in [4.69, 9.17) is 4.74 Å². The maximum absolute atomic E-state index is 12.4. The number of pyridine rings is 1. The van der Waals surface area contributed by atoms with Crippen molar-refractivity contribution in [3.8, 4) is 5.75 Å². The molecule has 0 radical (unpaired) electrons. The Morgan fingerprint density at radius 1 is 1.07 bits per heavy atom. The Morgan fingerprint density at radius 2 is 1.89 bits per heavy atom. The molecule has 28 heavy (non-hydrogen) atoms. The number of aromatic nitrogens is 1. The second kappa shape index (κ2) is 7.68. The number of aromatic amines is 1. The average molecular weight is 376 g/mol. The molecule has 2 N–H and O–H groups in total. The highest BCUT2D eigenvalue weighted by molar-refractivity contribution is 6.01. The molecule has 1 amide bonds. The summed E-state index contributed by atoms with van der Waals surface area (Å²) in [6.07, 6.45) is 1.81. The number of fused-ring (bicyclic) bond motifs is 2. The molecule has 0 aliphatic heterocycles. The summed E-state index contributed by atoms with van der Waals surface area (Å²) in [6, 6.07) is 15.1. The van der Waals surface area contributed by atoms with Crippen molar-refractivity contribution in [2.75, 3.05) is 13.2 Å². The molecule has 0 saturated carbocycles. The minimum atomic E-state index is -0.510. The summed E-state index contributed by atoms with van der Waals surface area (Å²) < 4.78 is 5.79. The highest BCUT2D eigenvalue weighted by Gasteiger charge is 2.21. The Kier molecular flexibility index (Phi) is 4.93. The van der Waals surface area contributed by atoms with Crippen LogP contribution in [0.3, 0.4) is 0 Å². The molecule has 1 aromatic heterocycles. The molecule has 0 atom stereocenters. The van der Waals surface area contributed by atoms with Gasteiger partial charge in [-0.3, -0.25) is 14.4 Å². The van der Waals surface area contributed by atoms with Crippen LogP contribution in [0.5, 0.6) is 5.75 Å². The maximum Gasteiger partial charge on any atom is 0.261 e. The topological polar surface area (TPSA) is 88.3 Å². The van der Waals surface area contributed by atoms with E-state index in [0.717, 1.165) is 22.9 Å². The molecule has 1 heterocycles. The zero-order chi connectivity index (χ0) is 19.5. The van der Waals surface area contributed by atoms with Gasteiger partial charge in [0, 0.05) is 23.1 Å². The van der Waals surface area contributed by atoms with Crippen molar-refractivity contribution in [2.45, 2.75) is 19.3 Å². The van der Waals surface area contributed by atoms with Crippen molar-refractivity contribution in [3.05, 3.63) is 75.7 Å². The van der Waals surface area contributed by atoms with E-state index in [1.807, 2.05) is 42.5 Å². The van der Waals surface area contributed by atoms with Gasteiger partial charge >= 0.3 is 0 Å². The third-order valence-corrected chi connectivity index (χ3v) is 4.89. The number of ketones is 1. The van der Waals surface area contributed by atoms with Crippen molar-refractivity contribution >= 4 is 22.5 Å². The van der Waals surface area contributed by atoms with Gasteiger partial charge in [-0.05, 0) is 30.4 Å². The minimum Gasteiger partial charge on any atom is -0.491 e. The molecule has 0 bridgehead atoms. The number of carbonyl (C=O) groups excluding carboxylic acids is 2. The van der Waals surface area contributed by atoms with Gasteiger partial charge in [-0.25, -0.2) is 0 Å². The van der Waals surface area contributed by atoms with Crippen LogP contribution in [0.15, 0.2) is 53.3 Å². The third-order valence-electron chi connectivity index (χ3n) is 4.89. The fourth-order valence-corrected chi connectivity index (χ4v) is 3.49. The summed E-state index contributed by atoms with van der Waals surface area (Å²) in [5, 5.41) is 4.76. The lowest BCUT2D eigenvalue weighted by Gasteiger charge is -2.15. The number of Topliss-reactive ketones (excluding diaryl/α,β-unsaturated/α-hetero) is 1. The van der Waals surface area contributed by atoms with Gasteiger partial charge in [-0.15, -0.1) is 0 Å². The summed E-state index contributed by atoms with van der Waals surface area (Å²) in [6.45, 7) is 0.508. The normalized spacial score (nSPS) is 13.2. The molecular formula is C22H20N2O4. The van der Waals surface area contributed by atoms with Gasteiger partial charge in [0.05, 0.1) is 6.54 Å². The van der Waals surface area contributed by atoms with Gasteiger partial charge in [0.25, 0.3) is 11.5 Å². The number of benzene rings is 2. The van der Waals surface area contributed by atoms with Crippen LogP contribution in [0.1, 0.15) is 39.3 Å². The van der Waals surface area contributed by atoms with Crippen molar-refractivity contribution in [1.82, 2.24) is 10.3 Å². The van der Waals surface area contributed by atoms with E-state index in [1.54, 1.807) is 0 Å². The van der Waals surface area contributed by atoms with Gasteiger partial charge in [-0.2, -0.15) is 0 Å². The standard InChI is InChI=1S/C22H20N2O4/c25-19-9-4-8-18-16(19)13-17(22(27)24-18)21(26)23-11-12-28-20-10-3-6-14-5-1-2-7-15(14)20/h1-3,5-7,10,13H,4,8-9,11-12H2,(H,23,26)(H,24,27). The SMILES string of the molecule is O=C1CCCc2[nH]c(=O)c(C(=O)NCCOc3cccc4ccccc34)cc21. The second-order valence-corrected chi connectivity index (χ2v) is 6.76. The average Bonchev–Trinajstić information content (AvgIpc) is 2.71. The Morgan fingerprint density at radius 3 is 2.79 bits per heavy atom. The lowest BCUT2D eigenvalue weighted by atomic mass is 9.93. The van der Waals surface area contributed by atoms with Gasteiger partial charge < -0.3 is 15.0 Å². The fraction of sp³-hybridized carbons (Fsp3) is 0.227. The molecule has 6 nitrogen and oxygen atoms in total. The van der Waals surface area contributed by atoms with Gasteiger partial charge in [0.15, 0.2) is 5.78 Å². The van der Waals surface area contributed by atoms with Gasteiger partial charge in [-0.1, -0.05) is 36.4 Å². The number of carbonyl (C=O) groups is 2. The molecule has 1 aliphatic rings. The van der Waals surface area contributed by atoms with Crippen LogP contribution in [-0.4, -0.2) is 29.8 Å². The number of ether oxygens (including phenoxy) is 1. The molecule has 0 unspecified atom stereocenters. The molecule has 0 saturated heterocycles. The number of rotatable bonds is 5. The number of nitrogens with one attached hydrogen (secondary N) is 2. The zero-order valence-corrected chi connectivity index (χ0v) is 15.3. The Bertz CT molecular complexity index is 1110. The first-order valence-corrected chi connectivity index (χ1v) is 9.31. The summed E-state index contributed by atoms with van der Waals surface area (Å²) in [5.41, 5.74) is 0.556. The van der Waals surface area contributed by atoms with Crippen LogP contribution in [0, 0.1) is 0 Å². The van der Waals surface area contributed by atoms with E-state index in [2.05, 4.69) is 10.3 Å². The predicted octanol–water partition coefficient (Wildman–Crippen LogP) is 2.86. The van der Waals surface area contributed by atoms with Crippen LogP contribution in [0.2, 0.25) is 0 Å². The molecule has 2 aromatic carbocycles. The van der Waals surface area contributed by atoms with Crippen molar-refractivity contribution < 1.29 is 14.3 Å². The number of amides is 1. The predicted molar refractivity (Wildman–Crippen MR) is 106 cm³/mol. The highest BCUT2D eigenvalue weighted by Crippen LogP contribution is 2.25. The van der Waals surface area contributed by atoms with E-state index in [-0.39, 0.29) is 24.5 Å². The largest absolute Gasteiger partial charge is 0.491 e. The third kappa shape index (κ3) is 3.53. The number of aryl methyl sites for hydroxylation is 1. The molecule has 4 rings (SSSR count). The van der Waals surface area contributed by atoms with Crippen LogP contribution >= 0.6 is 0 Å². The highest BCUT2D eigenvalue weighted by atomic mass is 16.5. The quantitative estimate of drug-likeness (QED) is 0.670. The van der Waals surface area contributed by atoms with E-state index in [0.29, 0.717) is 24.1 Å². The number of hydrogen-bond acceptors (Lipinski definition) is 4. The Hall–Kier alpha value is -3.41. The van der Waals surface area contributed by atoms with Crippen LogP contribution in [0.4, 0.5) is 0 Å². The van der Waals surface area contributed by atoms with Gasteiger partial charge in [0.1, 0.15) is 17.9 Å². The first-order valence-electron chi connectivity index (χ1n) is 9.31. The first-order chi connectivity index (χ1) is 13.6. The lowest BCUT2D eigenvalue weighted by molar-refractivity contribution is 0.0945.